The van der Waals surface area contributed by atoms with Crippen LogP contribution in [0.5, 0.6) is 0 Å². The standard InChI is InChI=1S/C16H12FN5O3/c17-14-9-12(22(24)25)2-3-13(14)16(23)19-10-11-4-6-18-15(8-11)21-7-1-5-20-21/h1-9H,10H2,(H,19,23). The van der Waals surface area contributed by atoms with Crippen molar-refractivity contribution in [3.63, 3.8) is 0 Å². The normalized spacial score (nSPS) is 10.4. The van der Waals surface area contributed by atoms with E-state index in [1.54, 1.807) is 41.5 Å². The van der Waals surface area contributed by atoms with Crippen molar-refractivity contribution in [2.45, 2.75) is 6.54 Å². The van der Waals surface area contributed by atoms with Crippen LogP contribution in [0.4, 0.5) is 10.1 Å². The van der Waals surface area contributed by atoms with E-state index in [1.165, 1.54) is 0 Å². The van der Waals surface area contributed by atoms with Gasteiger partial charge in [0.2, 0.25) is 0 Å². The number of hydrogen-bond donors (Lipinski definition) is 1. The van der Waals surface area contributed by atoms with E-state index in [-0.39, 0.29) is 12.1 Å². The second-order valence-corrected chi connectivity index (χ2v) is 5.08. The summed E-state index contributed by atoms with van der Waals surface area (Å²) in [5.74, 6) is -1.03. The number of halogens is 1. The molecule has 0 atom stereocenters. The summed E-state index contributed by atoms with van der Waals surface area (Å²) < 4.78 is 15.4. The summed E-state index contributed by atoms with van der Waals surface area (Å²) in [5.41, 5.74) is 0.0789. The van der Waals surface area contributed by atoms with Crippen molar-refractivity contribution in [2.24, 2.45) is 0 Å². The molecule has 8 nitrogen and oxygen atoms in total. The minimum atomic E-state index is -0.946. The van der Waals surface area contributed by atoms with Crippen molar-refractivity contribution in [2.75, 3.05) is 0 Å². The van der Waals surface area contributed by atoms with Crippen molar-refractivity contribution < 1.29 is 14.1 Å². The number of benzene rings is 1. The molecule has 126 valence electrons. The number of nitrogens with one attached hydrogen (secondary N) is 1. The smallest absolute Gasteiger partial charge is 0.272 e. The molecule has 1 N–H and O–H groups in total. The number of aromatic nitrogens is 3. The lowest BCUT2D eigenvalue weighted by atomic mass is 10.1. The molecule has 3 rings (SSSR count). The number of nitro benzene ring substituents is 1. The van der Waals surface area contributed by atoms with Crippen LogP contribution in [-0.2, 0) is 6.54 Å². The molecule has 2 heterocycles. The largest absolute Gasteiger partial charge is 0.348 e. The van der Waals surface area contributed by atoms with Crippen LogP contribution in [0.2, 0.25) is 0 Å². The Kier molecular flexibility index (Phi) is 4.46. The number of pyridine rings is 1. The molecule has 0 aliphatic rings. The van der Waals surface area contributed by atoms with Gasteiger partial charge in [0, 0.05) is 31.2 Å². The quantitative estimate of drug-likeness (QED) is 0.566. The molecular formula is C16H12FN5O3. The minimum Gasteiger partial charge on any atom is -0.348 e. The Hall–Kier alpha value is -3.62. The number of non-ortho nitro benzene ring substituents is 1. The van der Waals surface area contributed by atoms with Crippen LogP contribution >= 0.6 is 0 Å². The van der Waals surface area contributed by atoms with Crippen LogP contribution in [0.3, 0.4) is 0 Å². The minimum absolute atomic E-state index is 0.145. The van der Waals surface area contributed by atoms with E-state index in [2.05, 4.69) is 15.4 Å². The lowest BCUT2D eigenvalue weighted by Crippen LogP contribution is -2.24. The molecule has 0 fully saturated rings. The molecule has 9 heteroatoms. The van der Waals surface area contributed by atoms with Gasteiger partial charge in [-0.1, -0.05) is 0 Å². The van der Waals surface area contributed by atoms with E-state index in [0.717, 1.165) is 23.8 Å². The van der Waals surface area contributed by atoms with Crippen molar-refractivity contribution >= 4 is 11.6 Å². The van der Waals surface area contributed by atoms with Crippen LogP contribution in [0, 0.1) is 15.9 Å². The summed E-state index contributed by atoms with van der Waals surface area (Å²) in [7, 11) is 0. The average Bonchev–Trinajstić information content (AvgIpc) is 3.14. The van der Waals surface area contributed by atoms with Crippen LogP contribution in [-0.4, -0.2) is 25.6 Å². The molecule has 0 radical (unpaired) electrons. The molecule has 0 spiro atoms. The Morgan fingerprint density at radius 3 is 2.80 bits per heavy atom. The second-order valence-electron chi connectivity index (χ2n) is 5.08. The zero-order chi connectivity index (χ0) is 17.8. The maximum atomic E-state index is 13.8. The van der Waals surface area contributed by atoms with Crippen molar-refractivity contribution in [1.29, 1.82) is 0 Å². The van der Waals surface area contributed by atoms with Gasteiger partial charge >= 0.3 is 0 Å². The molecule has 3 aromatic rings. The predicted octanol–water partition coefficient (Wildman–Crippen LogP) is 2.24. The highest BCUT2D eigenvalue weighted by Gasteiger charge is 2.16. The number of hydrogen-bond acceptors (Lipinski definition) is 5. The molecule has 2 aromatic heterocycles. The Balaban J connectivity index is 1.70. The monoisotopic (exact) mass is 341 g/mol. The third-order valence-electron chi connectivity index (χ3n) is 3.41. The van der Waals surface area contributed by atoms with E-state index in [1.807, 2.05) is 0 Å². The summed E-state index contributed by atoms with van der Waals surface area (Å²) >= 11 is 0. The maximum Gasteiger partial charge on any atom is 0.272 e. The Morgan fingerprint density at radius 2 is 2.12 bits per heavy atom. The summed E-state index contributed by atoms with van der Waals surface area (Å²) in [5, 5.41) is 17.2. The van der Waals surface area contributed by atoms with E-state index >= 15 is 0 Å². The van der Waals surface area contributed by atoms with Crippen molar-refractivity contribution in [3.8, 4) is 5.82 Å². The fraction of sp³-hybridized carbons (Fsp3) is 0.0625. The lowest BCUT2D eigenvalue weighted by Gasteiger charge is -2.07. The zero-order valence-corrected chi connectivity index (χ0v) is 12.8. The molecule has 0 saturated carbocycles. The lowest BCUT2D eigenvalue weighted by molar-refractivity contribution is -0.385. The Morgan fingerprint density at radius 1 is 1.28 bits per heavy atom. The first kappa shape index (κ1) is 16.2. The Bertz CT molecular complexity index is 927. The van der Waals surface area contributed by atoms with Crippen LogP contribution in [0.25, 0.3) is 5.82 Å². The molecule has 1 amide bonds. The zero-order valence-electron chi connectivity index (χ0n) is 12.8. The molecule has 1 aromatic carbocycles. The van der Waals surface area contributed by atoms with Gasteiger partial charge in [-0.25, -0.2) is 14.1 Å². The van der Waals surface area contributed by atoms with Gasteiger partial charge in [0.25, 0.3) is 11.6 Å². The van der Waals surface area contributed by atoms with Gasteiger partial charge in [0.15, 0.2) is 5.82 Å². The van der Waals surface area contributed by atoms with E-state index in [0.29, 0.717) is 5.82 Å². The maximum absolute atomic E-state index is 13.8. The van der Waals surface area contributed by atoms with Gasteiger partial charge in [-0.3, -0.25) is 14.9 Å². The molecular weight excluding hydrogens is 329 g/mol. The number of nitro groups is 1. The first-order valence-electron chi connectivity index (χ1n) is 7.21. The third kappa shape index (κ3) is 3.66. The fourth-order valence-corrected chi connectivity index (χ4v) is 2.18. The highest BCUT2D eigenvalue weighted by Crippen LogP contribution is 2.16. The topological polar surface area (TPSA) is 103 Å². The fourth-order valence-electron chi connectivity index (χ4n) is 2.18. The summed E-state index contributed by atoms with van der Waals surface area (Å²) in [6, 6.07) is 8.09. The van der Waals surface area contributed by atoms with Gasteiger partial charge in [-0.2, -0.15) is 5.10 Å². The van der Waals surface area contributed by atoms with Gasteiger partial charge < -0.3 is 5.32 Å². The van der Waals surface area contributed by atoms with Crippen molar-refractivity contribution in [1.82, 2.24) is 20.1 Å². The second kappa shape index (κ2) is 6.87. The molecule has 0 aliphatic heterocycles. The Labute approximate surface area is 141 Å². The van der Waals surface area contributed by atoms with Gasteiger partial charge in [-0.15, -0.1) is 0 Å². The predicted molar refractivity (Wildman–Crippen MR) is 85.6 cm³/mol. The van der Waals surface area contributed by atoms with Gasteiger partial charge in [-0.05, 0) is 29.8 Å². The summed E-state index contributed by atoms with van der Waals surface area (Å²) in [4.78, 5) is 26.1. The number of carbonyl (C=O) groups is 1. The van der Waals surface area contributed by atoms with Gasteiger partial charge in [0.05, 0.1) is 16.6 Å². The van der Waals surface area contributed by atoms with E-state index < -0.39 is 22.3 Å². The highest BCUT2D eigenvalue weighted by atomic mass is 19.1. The molecule has 0 unspecified atom stereocenters. The van der Waals surface area contributed by atoms with Crippen LogP contribution in [0.1, 0.15) is 15.9 Å². The summed E-state index contributed by atoms with van der Waals surface area (Å²) in [6.45, 7) is 0.145. The van der Waals surface area contributed by atoms with E-state index in [9.17, 15) is 19.3 Å². The van der Waals surface area contributed by atoms with E-state index in [4.69, 9.17) is 0 Å². The highest BCUT2D eigenvalue weighted by molar-refractivity contribution is 5.94. The first-order chi connectivity index (χ1) is 12.0. The molecule has 0 bridgehead atoms. The number of nitrogens with zero attached hydrogens (tertiary/aromatic N) is 4. The number of rotatable bonds is 5. The molecule has 0 saturated heterocycles. The number of carbonyl (C=O) groups excluding carboxylic acids is 1. The van der Waals surface area contributed by atoms with Crippen molar-refractivity contribution in [3.05, 3.63) is 82.0 Å². The van der Waals surface area contributed by atoms with Crippen LogP contribution in [0.15, 0.2) is 55.0 Å². The first-order valence-corrected chi connectivity index (χ1v) is 7.21. The SMILES string of the molecule is O=C(NCc1ccnc(-n2cccn2)c1)c1ccc([N+](=O)[O-])cc1F. The molecule has 0 aliphatic carbocycles. The average molecular weight is 341 g/mol. The number of amides is 1. The molecule has 25 heavy (non-hydrogen) atoms. The van der Waals surface area contributed by atoms with Crippen LogP contribution < -0.4 is 5.32 Å². The third-order valence-corrected chi connectivity index (χ3v) is 3.41. The summed E-state index contributed by atoms with van der Waals surface area (Å²) in [6.07, 6.45) is 4.93. The van der Waals surface area contributed by atoms with Gasteiger partial charge in [0.1, 0.15) is 5.82 Å².